The van der Waals surface area contributed by atoms with Crippen molar-refractivity contribution in [2.24, 2.45) is 13.0 Å². The van der Waals surface area contributed by atoms with Gasteiger partial charge in [-0.25, -0.2) is 9.37 Å². The van der Waals surface area contributed by atoms with Crippen molar-refractivity contribution >= 4 is 5.91 Å². The van der Waals surface area contributed by atoms with Gasteiger partial charge in [0.05, 0.1) is 6.04 Å². The highest BCUT2D eigenvalue weighted by molar-refractivity contribution is 5.79. The fraction of sp³-hybridized carbons (Fsp3) is 0.500. The van der Waals surface area contributed by atoms with Crippen molar-refractivity contribution in [3.63, 3.8) is 0 Å². The number of hydrogen-bond acceptors (Lipinski definition) is 3. The first kappa shape index (κ1) is 18.6. The summed E-state index contributed by atoms with van der Waals surface area (Å²) in [5.74, 6) is 1.12. The highest BCUT2D eigenvalue weighted by Crippen LogP contribution is 2.35. The smallest absolute Gasteiger partial charge is 0.223 e. The van der Waals surface area contributed by atoms with Crippen LogP contribution in [-0.4, -0.2) is 40.0 Å². The second-order valence-corrected chi connectivity index (χ2v) is 7.25. The molecule has 0 radical (unpaired) electrons. The number of amides is 1. The lowest BCUT2D eigenvalue weighted by atomic mass is 9.98. The summed E-state index contributed by atoms with van der Waals surface area (Å²) in [7, 11) is 3.81. The lowest BCUT2D eigenvalue weighted by molar-refractivity contribution is -0.127. The average Bonchev–Trinajstić information content (AvgIpc) is 3.15. The van der Waals surface area contributed by atoms with Crippen molar-refractivity contribution in [1.82, 2.24) is 19.8 Å². The summed E-state index contributed by atoms with van der Waals surface area (Å²) < 4.78 is 15.7. The van der Waals surface area contributed by atoms with Gasteiger partial charge in [0.25, 0.3) is 0 Å². The minimum absolute atomic E-state index is 0.00577. The molecule has 1 aromatic carbocycles. The van der Waals surface area contributed by atoms with E-state index in [0.717, 1.165) is 24.4 Å². The van der Waals surface area contributed by atoms with Crippen LogP contribution in [0.5, 0.6) is 0 Å². The number of nitrogens with zero attached hydrogens (tertiary/aromatic N) is 3. The van der Waals surface area contributed by atoms with Crippen molar-refractivity contribution in [1.29, 1.82) is 0 Å². The van der Waals surface area contributed by atoms with Crippen molar-refractivity contribution in [2.75, 3.05) is 13.6 Å². The number of carbonyl (C=O) groups excluding carboxylic acids is 1. The van der Waals surface area contributed by atoms with Gasteiger partial charge >= 0.3 is 0 Å². The van der Waals surface area contributed by atoms with E-state index in [1.165, 1.54) is 6.07 Å². The standard InChI is InChI=1S/C20H27FN4O/c1-14(8-9-15-6-4-5-7-17(15)21)23-13-16-12-18(26)25(3)19(16)20-22-10-11-24(20)2/h4-7,10-11,14,16,19,23H,8-9,12-13H2,1-3H3/t14?,16-,19+/m0/s1. The highest BCUT2D eigenvalue weighted by atomic mass is 19.1. The van der Waals surface area contributed by atoms with Crippen LogP contribution in [0.2, 0.25) is 0 Å². The number of rotatable bonds is 7. The van der Waals surface area contributed by atoms with E-state index in [2.05, 4.69) is 17.2 Å². The SMILES string of the molecule is CC(CCc1ccccc1F)NC[C@@H]1CC(=O)N(C)[C@H]1c1nccn1C. The van der Waals surface area contributed by atoms with Gasteiger partial charge in [0, 0.05) is 51.4 Å². The molecule has 2 aromatic rings. The van der Waals surface area contributed by atoms with Crippen LogP contribution in [0.15, 0.2) is 36.7 Å². The number of likely N-dealkylation sites (tertiary alicyclic amines) is 1. The first-order valence-corrected chi connectivity index (χ1v) is 9.17. The summed E-state index contributed by atoms with van der Waals surface area (Å²) in [6.45, 7) is 2.85. The molecule has 3 rings (SSSR count). The maximum atomic E-state index is 13.7. The molecule has 3 atom stereocenters. The fourth-order valence-corrected chi connectivity index (χ4v) is 3.71. The Hall–Kier alpha value is -2.21. The highest BCUT2D eigenvalue weighted by Gasteiger charge is 2.40. The molecular weight excluding hydrogens is 331 g/mol. The van der Waals surface area contributed by atoms with E-state index in [4.69, 9.17) is 0 Å². The predicted octanol–water partition coefficient (Wildman–Crippen LogP) is 2.69. The van der Waals surface area contributed by atoms with Crippen molar-refractivity contribution in [3.8, 4) is 0 Å². The van der Waals surface area contributed by atoms with Gasteiger partial charge < -0.3 is 14.8 Å². The third-order valence-electron chi connectivity index (χ3n) is 5.35. The van der Waals surface area contributed by atoms with E-state index in [1.807, 2.05) is 37.0 Å². The van der Waals surface area contributed by atoms with Crippen LogP contribution >= 0.6 is 0 Å². The molecule has 1 saturated heterocycles. The first-order valence-electron chi connectivity index (χ1n) is 9.17. The Labute approximate surface area is 154 Å². The lowest BCUT2D eigenvalue weighted by Crippen LogP contribution is -2.35. The Morgan fingerprint density at radius 3 is 2.81 bits per heavy atom. The molecule has 0 aliphatic carbocycles. The van der Waals surface area contributed by atoms with Gasteiger partial charge in [0.2, 0.25) is 5.91 Å². The van der Waals surface area contributed by atoms with Gasteiger partial charge in [-0.1, -0.05) is 18.2 Å². The average molecular weight is 358 g/mol. The fourth-order valence-electron chi connectivity index (χ4n) is 3.71. The minimum atomic E-state index is -0.141. The van der Waals surface area contributed by atoms with Crippen LogP contribution in [0.1, 0.15) is 37.2 Å². The van der Waals surface area contributed by atoms with Gasteiger partial charge in [-0.15, -0.1) is 0 Å². The molecule has 2 heterocycles. The van der Waals surface area contributed by atoms with Crippen molar-refractivity contribution in [2.45, 2.75) is 38.3 Å². The lowest BCUT2D eigenvalue weighted by Gasteiger charge is -2.26. The largest absolute Gasteiger partial charge is 0.336 e. The second kappa shape index (κ2) is 7.99. The molecule has 0 spiro atoms. The number of benzene rings is 1. The van der Waals surface area contributed by atoms with Crippen LogP contribution in [0.25, 0.3) is 0 Å². The van der Waals surface area contributed by atoms with E-state index in [-0.39, 0.29) is 29.7 Å². The number of hydrogen-bond donors (Lipinski definition) is 1. The van der Waals surface area contributed by atoms with E-state index in [1.54, 1.807) is 17.2 Å². The molecule has 6 heteroatoms. The van der Waals surface area contributed by atoms with Gasteiger partial charge in [-0.3, -0.25) is 4.79 Å². The molecule has 1 amide bonds. The van der Waals surface area contributed by atoms with Crippen LogP contribution in [0.3, 0.4) is 0 Å². The summed E-state index contributed by atoms with van der Waals surface area (Å²) in [5, 5.41) is 3.53. The molecular formula is C20H27FN4O. The third-order valence-corrected chi connectivity index (χ3v) is 5.35. The summed E-state index contributed by atoms with van der Waals surface area (Å²) in [6.07, 6.45) is 5.76. The van der Waals surface area contributed by atoms with Crippen molar-refractivity contribution < 1.29 is 9.18 Å². The molecule has 26 heavy (non-hydrogen) atoms. The maximum absolute atomic E-state index is 13.7. The summed E-state index contributed by atoms with van der Waals surface area (Å²) in [5.41, 5.74) is 0.753. The molecule has 1 aliphatic rings. The zero-order valence-corrected chi connectivity index (χ0v) is 15.7. The van der Waals surface area contributed by atoms with Gasteiger partial charge in [0.1, 0.15) is 11.6 Å². The van der Waals surface area contributed by atoms with Gasteiger partial charge in [-0.2, -0.15) is 0 Å². The van der Waals surface area contributed by atoms with Crippen LogP contribution in [0.4, 0.5) is 4.39 Å². The van der Waals surface area contributed by atoms with Crippen LogP contribution in [-0.2, 0) is 18.3 Å². The molecule has 1 fully saturated rings. The number of carbonyl (C=O) groups is 1. The normalized spacial score (nSPS) is 21.4. The van der Waals surface area contributed by atoms with E-state index >= 15 is 0 Å². The van der Waals surface area contributed by atoms with E-state index < -0.39 is 0 Å². The first-order chi connectivity index (χ1) is 12.5. The Bertz CT molecular complexity index is 760. The Balaban J connectivity index is 1.56. The van der Waals surface area contributed by atoms with Crippen molar-refractivity contribution in [3.05, 3.63) is 53.9 Å². The molecule has 0 bridgehead atoms. The summed E-state index contributed by atoms with van der Waals surface area (Å²) in [6, 6.07) is 7.17. The number of halogens is 1. The second-order valence-electron chi connectivity index (χ2n) is 7.25. The quantitative estimate of drug-likeness (QED) is 0.828. The molecule has 1 aromatic heterocycles. The van der Waals surface area contributed by atoms with E-state index in [9.17, 15) is 9.18 Å². The molecule has 1 aliphatic heterocycles. The summed E-state index contributed by atoms with van der Waals surface area (Å²) >= 11 is 0. The molecule has 5 nitrogen and oxygen atoms in total. The molecule has 140 valence electrons. The number of nitrogens with one attached hydrogen (secondary N) is 1. The topological polar surface area (TPSA) is 50.2 Å². The summed E-state index contributed by atoms with van der Waals surface area (Å²) in [4.78, 5) is 18.5. The number of imidazole rings is 1. The number of aromatic nitrogens is 2. The predicted molar refractivity (Wildman–Crippen MR) is 99.0 cm³/mol. The monoisotopic (exact) mass is 358 g/mol. The zero-order chi connectivity index (χ0) is 18.7. The Morgan fingerprint density at radius 2 is 2.12 bits per heavy atom. The molecule has 1 unspecified atom stereocenters. The Kier molecular flexibility index (Phi) is 5.71. The Morgan fingerprint density at radius 1 is 1.35 bits per heavy atom. The maximum Gasteiger partial charge on any atom is 0.223 e. The molecule has 0 saturated carbocycles. The van der Waals surface area contributed by atoms with Crippen LogP contribution in [0, 0.1) is 11.7 Å². The van der Waals surface area contributed by atoms with Gasteiger partial charge in [0.15, 0.2) is 0 Å². The zero-order valence-electron chi connectivity index (χ0n) is 15.7. The van der Waals surface area contributed by atoms with Gasteiger partial charge in [-0.05, 0) is 31.4 Å². The van der Waals surface area contributed by atoms with Crippen LogP contribution < -0.4 is 5.32 Å². The number of aryl methyl sites for hydroxylation is 2. The molecule has 1 N–H and O–H groups in total. The minimum Gasteiger partial charge on any atom is -0.336 e. The third kappa shape index (κ3) is 3.96. The van der Waals surface area contributed by atoms with E-state index in [0.29, 0.717) is 12.8 Å².